The van der Waals surface area contributed by atoms with Crippen molar-refractivity contribution in [2.75, 3.05) is 0 Å². The Morgan fingerprint density at radius 2 is 1.79 bits per heavy atom. The lowest BCUT2D eigenvalue weighted by Crippen LogP contribution is -2.22. The number of aromatic nitrogens is 4. The summed E-state index contributed by atoms with van der Waals surface area (Å²) < 4.78 is 7.50. The molecule has 4 aromatic rings. The molecule has 0 aliphatic carbocycles. The van der Waals surface area contributed by atoms with Crippen molar-refractivity contribution in [3.05, 3.63) is 84.4 Å². The third-order valence-electron chi connectivity index (χ3n) is 5.54. The summed E-state index contributed by atoms with van der Waals surface area (Å²) in [6.07, 6.45) is 3.57. The second-order valence-electron chi connectivity index (χ2n) is 8.73. The fourth-order valence-electron chi connectivity index (χ4n) is 3.70. The third kappa shape index (κ3) is 4.76. The van der Waals surface area contributed by atoms with Gasteiger partial charge in [-0.3, -0.25) is 14.3 Å². The van der Waals surface area contributed by atoms with Crippen LogP contribution < -0.4 is 10.3 Å². The van der Waals surface area contributed by atoms with Gasteiger partial charge in [-0.2, -0.15) is 0 Å². The van der Waals surface area contributed by atoms with Crippen molar-refractivity contribution in [3.63, 3.8) is 0 Å². The molecular weight excluding hydrogens is 468 g/mol. The van der Waals surface area contributed by atoms with Gasteiger partial charge in [0.05, 0.1) is 17.1 Å². The Balaban J connectivity index is 1.76. The molecule has 6 nitrogen and oxygen atoms in total. The molecule has 4 heterocycles. The molecule has 0 fully saturated rings. The average molecular weight is 495 g/mol. The van der Waals surface area contributed by atoms with Gasteiger partial charge in [-0.05, 0) is 56.3 Å². The summed E-state index contributed by atoms with van der Waals surface area (Å²) in [6.45, 7) is 12.2. The third-order valence-corrected chi connectivity index (χ3v) is 6.80. The predicted octanol–water partition coefficient (Wildman–Crippen LogP) is 6.34. The number of rotatable bonds is 6. The summed E-state index contributed by atoms with van der Waals surface area (Å²) in [5.74, 6) is 1.33. The van der Waals surface area contributed by atoms with E-state index in [0.29, 0.717) is 29.4 Å². The first-order valence-electron chi connectivity index (χ1n) is 11.1. The number of pyridine rings is 2. The molecule has 176 valence electrons. The molecular formula is C26H27ClN4O2S. The number of ether oxygens (including phenoxy) is 1. The summed E-state index contributed by atoms with van der Waals surface area (Å²) in [6, 6.07) is 5.75. The molecule has 0 aromatic carbocycles. The lowest BCUT2D eigenvalue weighted by Gasteiger charge is -2.17. The number of aryl methyl sites for hydroxylation is 4. The fourth-order valence-corrected chi connectivity index (χ4v) is 4.58. The Morgan fingerprint density at radius 3 is 2.47 bits per heavy atom. The van der Waals surface area contributed by atoms with Crippen LogP contribution in [0.2, 0.25) is 5.02 Å². The van der Waals surface area contributed by atoms with E-state index in [-0.39, 0.29) is 16.5 Å². The van der Waals surface area contributed by atoms with E-state index in [4.69, 9.17) is 21.3 Å². The number of hydrogen-bond donors (Lipinski definition) is 0. The van der Waals surface area contributed by atoms with Crippen molar-refractivity contribution >= 4 is 22.9 Å². The van der Waals surface area contributed by atoms with Gasteiger partial charge in [0.15, 0.2) is 0 Å². The first-order chi connectivity index (χ1) is 16.2. The van der Waals surface area contributed by atoms with Gasteiger partial charge in [0.1, 0.15) is 23.2 Å². The van der Waals surface area contributed by atoms with Crippen LogP contribution >= 0.6 is 22.9 Å². The molecule has 0 saturated heterocycles. The largest absolute Gasteiger partial charge is 0.487 e. The van der Waals surface area contributed by atoms with Crippen molar-refractivity contribution in [2.45, 2.75) is 54.1 Å². The van der Waals surface area contributed by atoms with Gasteiger partial charge in [0, 0.05) is 40.5 Å². The van der Waals surface area contributed by atoms with Crippen LogP contribution in [-0.4, -0.2) is 19.5 Å². The van der Waals surface area contributed by atoms with Crippen LogP contribution in [0.25, 0.3) is 17.1 Å². The molecule has 4 rings (SSSR count). The minimum atomic E-state index is -0.333. The molecule has 0 radical (unpaired) electrons. The smallest absolute Gasteiger partial charge is 0.277 e. The highest BCUT2D eigenvalue weighted by Gasteiger charge is 2.18. The van der Waals surface area contributed by atoms with Gasteiger partial charge < -0.3 is 4.74 Å². The van der Waals surface area contributed by atoms with Crippen LogP contribution in [-0.2, 0) is 6.61 Å². The molecule has 0 unspecified atom stereocenters. The van der Waals surface area contributed by atoms with E-state index in [9.17, 15) is 4.79 Å². The van der Waals surface area contributed by atoms with E-state index < -0.39 is 0 Å². The summed E-state index contributed by atoms with van der Waals surface area (Å²) in [5, 5.41) is 2.09. The number of halogens is 1. The molecule has 0 aliphatic rings. The Morgan fingerprint density at radius 1 is 1.06 bits per heavy atom. The van der Waals surface area contributed by atoms with Gasteiger partial charge in [0.2, 0.25) is 0 Å². The summed E-state index contributed by atoms with van der Waals surface area (Å²) in [4.78, 5) is 28.3. The van der Waals surface area contributed by atoms with Gasteiger partial charge in [0.25, 0.3) is 5.56 Å². The monoisotopic (exact) mass is 494 g/mol. The number of hydrogen-bond acceptors (Lipinski definition) is 6. The molecule has 0 N–H and O–H groups in total. The Kier molecular flexibility index (Phi) is 6.86. The zero-order valence-electron chi connectivity index (χ0n) is 20.1. The maximum absolute atomic E-state index is 13.3. The number of nitrogens with zero attached hydrogens (tertiary/aromatic N) is 4. The molecule has 0 saturated carbocycles. The van der Waals surface area contributed by atoms with Crippen LogP contribution in [0.15, 0.2) is 40.8 Å². The maximum atomic E-state index is 13.3. The Bertz CT molecular complexity index is 1430. The average Bonchev–Trinajstić information content (AvgIpc) is 3.22. The summed E-state index contributed by atoms with van der Waals surface area (Å²) in [5.41, 5.74) is 5.34. The summed E-state index contributed by atoms with van der Waals surface area (Å²) >= 11 is 8.15. The Hall–Kier alpha value is -3.03. The molecule has 34 heavy (non-hydrogen) atoms. The van der Waals surface area contributed by atoms with Gasteiger partial charge in [-0.25, -0.2) is 9.97 Å². The van der Waals surface area contributed by atoms with Gasteiger partial charge in [-0.15, -0.1) is 11.3 Å². The minimum absolute atomic E-state index is 0.0515. The van der Waals surface area contributed by atoms with Gasteiger partial charge in [-0.1, -0.05) is 25.4 Å². The molecule has 8 heteroatoms. The molecule has 4 aromatic heterocycles. The lowest BCUT2D eigenvalue weighted by atomic mass is 10.1. The van der Waals surface area contributed by atoms with Crippen molar-refractivity contribution in [2.24, 2.45) is 0 Å². The van der Waals surface area contributed by atoms with Crippen molar-refractivity contribution in [3.8, 4) is 22.8 Å². The van der Waals surface area contributed by atoms with Crippen LogP contribution in [0.4, 0.5) is 0 Å². The highest BCUT2D eigenvalue weighted by Crippen LogP contribution is 2.28. The molecule has 0 atom stereocenters. The zero-order valence-corrected chi connectivity index (χ0v) is 21.7. The second kappa shape index (κ2) is 9.68. The fraction of sp³-hybridized carbons (Fsp3) is 0.308. The van der Waals surface area contributed by atoms with E-state index in [2.05, 4.69) is 29.9 Å². The number of thiophene rings is 1. The van der Waals surface area contributed by atoms with Crippen LogP contribution in [0.1, 0.15) is 52.9 Å². The normalized spacial score (nSPS) is 11.3. The van der Waals surface area contributed by atoms with Crippen LogP contribution in [0, 0.1) is 27.7 Å². The van der Waals surface area contributed by atoms with E-state index >= 15 is 0 Å². The highest BCUT2D eigenvalue weighted by molar-refractivity contribution is 7.10. The second-order valence-corrected chi connectivity index (χ2v) is 10.2. The maximum Gasteiger partial charge on any atom is 0.277 e. The molecule has 0 spiro atoms. The first kappa shape index (κ1) is 24.1. The first-order valence-corrected chi connectivity index (χ1v) is 12.3. The molecule has 0 amide bonds. The van der Waals surface area contributed by atoms with Crippen LogP contribution in [0.3, 0.4) is 0 Å². The van der Waals surface area contributed by atoms with Crippen molar-refractivity contribution in [1.29, 1.82) is 0 Å². The lowest BCUT2D eigenvalue weighted by molar-refractivity contribution is 0.305. The van der Waals surface area contributed by atoms with Gasteiger partial charge >= 0.3 is 0 Å². The predicted molar refractivity (Wildman–Crippen MR) is 138 cm³/mol. The standard InChI is InChI=1S/C26H27ClN4O2S/c1-14(2)25-29-11-16(4)24(30-25)20-9-21(15(3)10-28-20)31-17(5)7-22(23(27)26(31)32)33-12-19-8-18(6)34-13-19/h7-11,13-14H,12H2,1-6H3. The van der Waals surface area contributed by atoms with Crippen LogP contribution in [0.5, 0.6) is 5.75 Å². The zero-order chi connectivity index (χ0) is 24.6. The Labute approximate surface area is 208 Å². The van der Waals surface area contributed by atoms with E-state index in [0.717, 1.165) is 28.2 Å². The van der Waals surface area contributed by atoms with E-state index in [1.165, 1.54) is 4.88 Å². The summed E-state index contributed by atoms with van der Waals surface area (Å²) in [7, 11) is 0. The minimum Gasteiger partial charge on any atom is -0.487 e. The molecule has 0 bridgehead atoms. The van der Waals surface area contributed by atoms with Crippen molar-refractivity contribution in [1.82, 2.24) is 19.5 Å². The molecule has 0 aliphatic heterocycles. The topological polar surface area (TPSA) is 69.9 Å². The van der Waals surface area contributed by atoms with Crippen molar-refractivity contribution < 1.29 is 4.74 Å². The van der Waals surface area contributed by atoms with E-state index in [1.807, 2.05) is 45.3 Å². The quantitative estimate of drug-likeness (QED) is 0.313. The SMILES string of the molecule is Cc1cc(COc2cc(C)n(-c3cc(-c4nc(C(C)C)ncc4C)ncc3C)c(=O)c2Cl)cs1. The highest BCUT2D eigenvalue weighted by atomic mass is 35.5. The van der Waals surface area contributed by atoms with E-state index in [1.54, 1.807) is 28.2 Å².